The second-order valence-electron chi connectivity index (χ2n) is 19.5. The van der Waals surface area contributed by atoms with Crippen LogP contribution in [0.3, 0.4) is 0 Å². The van der Waals surface area contributed by atoms with E-state index in [1.807, 2.05) is 0 Å². The van der Waals surface area contributed by atoms with Gasteiger partial charge in [0.2, 0.25) is 0 Å². The quantitative estimate of drug-likeness (QED) is 0.0456. The first-order chi connectivity index (χ1) is 44.2. The zero-order chi connectivity index (χ0) is 63.4. The summed E-state index contributed by atoms with van der Waals surface area (Å²) in [6.07, 6.45) is 0. The third kappa shape index (κ3) is 25.8. The van der Waals surface area contributed by atoms with Crippen LogP contribution in [0.4, 0.5) is 17.3 Å². The van der Waals surface area contributed by atoms with E-state index in [1.54, 1.807) is 0 Å². The monoisotopic (exact) mass is 1500 g/mol. The number of hydrogen-bond acceptors (Lipinski definition) is 0. The molecule has 0 fully saturated rings. The van der Waals surface area contributed by atoms with Crippen LogP contribution in [0.25, 0.3) is 0 Å². The molecule has 12 aromatic rings. The van der Waals surface area contributed by atoms with E-state index >= 15 is 0 Å². The van der Waals surface area contributed by atoms with Crippen LogP contribution in [0.15, 0.2) is 364 Å². The molecular weight excluding hydrogens is 1440 g/mol. The zero-order valence-corrected chi connectivity index (χ0v) is 58.9. The maximum Gasteiger partial charge on any atom is 1.00 e. The molecule has 0 aliphatic rings. The second-order valence-corrected chi connectivity index (χ2v) is 34.2. The largest absolute Gasteiger partial charge is 1.00 e. The van der Waals surface area contributed by atoms with Gasteiger partial charge >= 0.3 is 74.7 Å². The number of benzene rings is 12. The van der Waals surface area contributed by atoms with E-state index < -0.39 is 54.8 Å². The van der Waals surface area contributed by atoms with E-state index in [4.69, 9.17) is 0 Å². The Morgan fingerprint density at radius 2 is 0.253 bits per heavy atom. The van der Waals surface area contributed by atoms with Gasteiger partial charge in [-0.1, -0.05) is 364 Å². The summed E-state index contributed by atoms with van der Waals surface area (Å²) in [5.41, 5.74) is 0. The molecule has 0 nitrogen and oxygen atoms in total. The maximum absolute atomic E-state index is 9.75. The van der Waals surface area contributed by atoms with Gasteiger partial charge in [-0.15, -0.1) is 0 Å². The van der Waals surface area contributed by atoms with Crippen LogP contribution >= 0.6 is 67.7 Å². The molecule has 91 heavy (non-hydrogen) atoms. The summed E-state index contributed by atoms with van der Waals surface area (Å²) in [5, 5.41) is 17.5. The van der Waals surface area contributed by atoms with Crippen LogP contribution < -0.4 is 63.7 Å². The van der Waals surface area contributed by atoms with E-state index in [2.05, 4.69) is 414 Å². The molecule has 0 amide bonds. The Morgan fingerprint density at radius 1 is 0.187 bits per heavy atom. The van der Waals surface area contributed by atoms with Gasteiger partial charge in [-0.3, -0.25) is 0 Å². The predicted molar refractivity (Wildman–Crippen MR) is 391 cm³/mol. The maximum atomic E-state index is 9.75. The smallest absolute Gasteiger partial charge is 0.0622 e. The third-order valence-corrected chi connectivity index (χ3v) is 31.5. The van der Waals surface area contributed by atoms with E-state index in [0.29, 0.717) is 0 Å². The molecule has 0 aliphatic carbocycles. The van der Waals surface area contributed by atoms with Gasteiger partial charge in [-0.2, -0.15) is 0 Å². The normalized spacial score (nSPS) is 10.6. The Balaban J connectivity index is 0.000000202. The molecule has 0 aromatic heterocycles. The van der Waals surface area contributed by atoms with E-state index in [0.717, 1.165) is 0 Å². The molecule has 0 radical (unpaired) electrons. The van der Waals surface area contributed by atoms with Gasteiger partial charge in [0, 0.05) is 17.7 Å². The van der Waals surface area contributed by atoms with Gasteiger partial charge in [0.05, 0.1) is 0 Å². The number of rotatable bonds is 18. The zero-order valence-electron chi connectivity index (χ0n) is 49.2. The van der Waals surface area contributed by atoms with Gasteiger partial charge in [0.25, 0.3) is 0 Å². The minimum absolute atomic E-state index is 0. The van der Waals surface area contributed by atoms with Crippen LogP contribution in [-0.4, -0.2) is 25.0 Å². The minimum atomic E-state index is -6.00. The molecule has 0 atom stereocenters. The SMILES string of the molecule is F[B-](F)(F)F.[Cl][Cu].[Cl][Cu].[Cu+].c1ccc(P(CP(c2ccccc2)c2ccccc2)c2ccccc2)cc1.c1ccc(P(CP(c2ccccc2)c2ccccc2)c2ccccc2)cc1.c1ccc(P(CP(c2ccccc2)c2ccccc2)c2ccccc2)cc1. The van der Waals surface area contributed by atoms with E-state index in [9.17, 15) is 17.3 Å². The Bertz CT molecular complexity index is 2890. The van der Waals surface area contributed by atoms with Crippen LogP contribution in [0.5, 0.6) is 0 Å². The fourth-order valence-electron chi connectivity index (χ4n) is 9.59. The summed E-state index contributed by atoms with van der Waals surface area (Å²) < 4.78 is 39.0. The van der Waals surface area contributed by atoms with Crippen molar-refractivity contribution in [3.63, 3.8) is 0 Å². The second kappa shape index (κ2) is 43.2. The molecule has 0 unspecified atom stereocenters. The van der Waals surface area contributed by atoms with Crippen molar-refractivity contribution in [3.8, 4) is 0 Å². The average Bonchev–Trinajstić information content (AvgIpc) is 2.64. The Kier molecular flexibility index (Phi) is 35.7. The van der Waals surface area contributed by atoms with E-state index in [-0.39, 0.29) is 17.1 Å². The number of hydrogen-bond donors (Lipinski definition) is 0. The molecule has 0 bridgehead atoms. The summed E-state index contributed by atoms with van der Waals surface area (Å²) in [6.45, 7) is 0. The molecule has 0 aliphatic heterocycles. The van der Waals surface area contributed by atoms with Gasteiger partial charge in [0.1, 0.15) is 0 Å². The summed E-state index contributed by atoms with van der Waals surface area (Å²) >= 11 is 7.32. The summed E-state index contributed by atoms with van der Waals surface area (Å²) in [7, 11) is -0.0493. The predicted octanol–water partition coefficient (Wildman–Crippen LogP) is 18.3. The molecule has 0 saturated carbocycles. The minimum Gasteiger partial charge on any atom is -0.0622 e. The average molecular weight is 1500 g/mol. The summed E-state index contributed by atoms with van der Waals surface area (Å²) in [5.74, 6) is 3.52. The first-order valence-corrected chi connectivity index (χ1v) is 40.4. The Hall–Kier alpha value is -4.86. The van der Waals surface area contributed by atoms with Crippen molar-refractivity contribution in [3.05, 3.63) is 364 Å². The van der Waals surface area contributed by atoms with Crippen LogP contribution in [-0.2, 0) is 47.3 Å². The van der Waals surface area contributed by atoms with Crippen molar-refractivity contribution in [2.75, 3.05) is 17.7 Å². The standard InChI is InChI=1S/3C25H22P2.BF4.2ClH.3Cu/c3*1-5-13-22(14-6-1)26(23-15-7-2-8-16-23)21-27(24-17-9-3-10-18-24)25-19-11-4-12-20-25;2-1(3,4)5;;;;;/h3*1-20H,21H2;;2*1H;;;/q;;;-1;;;3*+1/p-2. The van der Waals surface area contributed by atoms with Gasteiger partial charge in [-0.05, 0) is 111 Å². The summed E-state index contributed by atoms with van der Waals surface area (Å²) in [6, 6.07) is 132. The third-order valence-electron chi connectivity index (χ3n) is 13.7. The Morgan fingerprint density at radius 3 is 0.319 bits per heavy atom. The Labute approximate surface area is 579 Å². The molecule has 474 valence electrons. The first kappa shape index (κ1) is 75.2. The van der Waals surface area contributed by atoms with Crippen LogP contribution in [0.1, 0.15) is 0 Å². The van der Waals surface area contributed by atoms with Crippen molar-refractivity contribution >= 4 is 139 Å². The number of halogens is 6. The molecule has 0 N–H and O–H groups in total. The molecular formula is C75H66BCl2Cu3F4P6. The van der Waals surface area contributed by atoms with Gasteiger partial charge in [-0.25, -0.2) is 0 Å². The fourth-order valence-corrected chi connectivity index (χ4v) is 29.0. The van der Waals surface area contributed by atoms with Gasteiger partial charge < -0.3 is 17.3 Å². The van der Waals surface area contributed by atoms with E-state index in [1.165, 1.54) is 81.4 Å². The molecule has 12 aromatic carbocycles. The molecule has 0 spiro atoms. The van der Waals surface area contributed by atoms with Crippen molar-refractivity contribution in [1.29, 1.82) is 0 Å². The van der Waals surface area contributed by atoms with Crippen LogP contribution in [0.2, 0.25) is 0 Å². The van der Waals surface area contributed by atoms with Gasteiger partial charge in [0.15, 0.2) is 0 Å². The van der Waals surface area contributed by atoms with Crippen molar-refractivity contribution in [1.82, 2.24) is 0 Å². The fraction of sp³-hybridized carbons (Fsp3) is 0.0400. The molecule has 0 heterocycles. The van der Waals surface area contributed by atoms with Crippen molar-refractivity contribution in [2.45, 2.75) is 0 Å². The van der Waals surface area contributed by atoms with Crippen molar-refractivity contribution in [2.24, 2.45) is 0 Å². The molecule has 0 saturated heterocycles. The summed E-state index contributed by atoms with van der Waals surface area (Å²) in [4.78, 5) is 0. The van der Waals surface area contributed by atoms with Crippen LogP contribution in [0, 0.1) is 0 Å². The topological polar surface area (TPSA) is 0 Å². The molecule has 12 rings (SSSR count). The first-order valence-electron chi connectivity index (χ1n) is 28.6. The van der Waals surface area contributed by atoms with Crippen molar-refractivity contribution < 1.29 is 64.5 Å². The molecule has 16 heteroatoms.